The minimum absolute atomic E-state index is 0.348. The summed E-state index contributed by atoms with van der Waals surface area (Å²) in [6, 6.07) is -3.84. The number of hydrogen-bond donors (Lipinski definition) is 0. The van der Waals surface area contributed by atoms with Crippen molar-refractivity contribution in [3.63, 3.8) is 0 Å². The van der Waals surface area contributed by atoms with Crippen molar-refractivity contribution in [2.45, 2.75) is 25.6 Å². The lowest BCUT2D eigenvalue weighted by Crippen LogP contribution is -2.14. The molecule has 4 heteroatoms. The van der Waals surface area contributed by atoms with Crippen molar-refractivity contribution in [2.75, 3.05) is 27.3 Å². The summed E-state index contributed by atoms with van der Waals surface area (Å²) in [5, 5.41) is -0.756. The number of rotatable bonds is 8. The highest BCUT2D eigenvalue weighted by Crippen LogP contribution is 2.25. The molecule has 0 fully saturated rings. The van der Waals surface area contributed by atoms with Gasteiger partial charge in [0.15, 0.2) is 0 Å². The molecule has 4 nitrogen and oxygen atoms in total. The number of esters is 1. The molecule has 0 amide bonds. The monoisotopic (exact) mass is 330 g/mol. The van der Waals surface area contributed by atoms with Crippen LogP contribution in [0.3, 0.4) is 0 Å². The molecule has 1 atom stereocenters. The van der Waals surface area contributed by atoms with Crippen LogP contribution < -0.4 is 4.74 Å². The Labute approximate surface area is 157 Å². The van der Waals surface area contributed by atoms with Gasteiger partial charge in [-0.25, -0.2) is 0 Å². The largest absolute Gasteiger partial charge is 0.497 e. The molecule has 0 unspecified atom stereocenters. The number of ether oxygens (including phenoxy) is 3. The topological polar surface area (TPSA) is 44.8 Å². The first-order chi connectivity index (χ1) is 16.6. The first-order valence-electron chi connectivity index (χ1n) is 13.5. The maximum Gasteiger partial charge on any atom is 0.313 e. The van der Waals surface area contributed by atoms with Crippen molar-refractivity contribution >= 4 is 16.7 Å². The molecule has 0 saturated heterocycles. The lowest BCUT2D eigenvalue weighted by molar-refractivity contribution is -0.145. The van der Waals surface area contributed by atoms with Gasteiger partial charge < -0.3 is 14.2 Å². The van der Waals surface area contributed by atoms with Gasteiger partial charge in [-0.05, 0) is 48.1 Å². The molecule has 0 aromatic heterocycles. The van der Waals surface area contributed by atoms with Crippen molar-refractivity contribution in [1.29, 1.82) is 0 Å². The SMILES string of the molecule is [2H]c1c([C@H](C)C(=O)OC([2H])([2H])C([2H])([2H])C([2H])([2H])C([2H])([2H])OC)c([2H])c2c([2H])c([2H])c(OC)c([2H])c2c1[2H]. The summed E-state index contributed by atoms with van der Waals surface area (Å²) < 4.78 is 126. The quantitative estimate of drug-likeness (QED) is 0.688. The van der Waals surface area contributed by atoms with E-state index >= 15 is 0 Å². The molecule has 0 aliphatic rings. The second kappa shape index (κ2) is 8.53. The summed E-state index contributed by atoms with van der Waals surface area (Å²) in [5.74, 6) is -3.67. The molecular weight excluding hydrogens is 292 g/mol. The molecule has 0 spiro atoms. The molecule has 0 saturated carbocycles. The van der Waals surface area contributed by atoms with Gasteiger partial charge in [0, 0.05) is 19.2 Å². The van der Waals surface area contributed by atoms with E-state index in [1.54, 1.807) is 0 Å². The third-order valence-electron chi connectivity index (χ3n) is 2.78. The average molecular weight is 330 g/mol. The molecule has 0 aliphatic heterocycles. The van der Waals surface area contributed by atoms with Crippen LogP contribution in [0.2, 0.25) is 0 Å². The van der Waals surface area contributed by atoms with Crippen molar-refractivity contribution in [2.24, 2.45) is 0 Å². The van der Waals surface area contributed by atoms with Crippen LogP contribution in [0.4, 0.5) is 0 Å². The zero-order valence-corrected chi connectivity index (χ0v) is 12.7. The van der Waals surface area contributed by atoms with E-state index in [9.17, 15) is 4.79 Å². The number of benzene rings is 2. The highest BCUT2D eigenvalue weighted by molar-refractivity contribution is 5.86. The molecule has 2 rings (SSSR count). The molecule has 0 N–H and O–H groups in total. The van der Waals surface area contributed by atoms with Crippen LogP contribution in [0.5, 0.6) is 5.75 Å². The highest BCUT2D eigenvalue weighted by atomic mass is 16.5. The van der Waals surface area contributed by atoms with Crippen LogP contribution in [0, 0.1) is 0 Å². The Morgan fingerprint density at radius 2 is 1.83 bits per heavy atom. The molecule has 124 valence electrons. The van der Waals surface area contributed by atoms with E-state index in [2.05, 4.69) is 9.47 Å². The molecule has 23 heavy (non-hydrogen) atoms. The zero-order chi connectivity index (χ0) is 29.0. The highest BCUT2D eigenvalue weighted by Gasteiger charge is 2.17. The fraction of sp³-hybridized carbons (Fsp3) is 0.421. The Bertz CT molecular complexity index is 1240. The Hall–Kier alpha value is -2.07. The van der Waals surface area contributed by atoms with Crippen LogP contribution in [0.1, 0.15) is 50.3 Å². The maximum atomic E-state index is 12.9. The van der Waals surface area contributed by atoms with Gasteiger partial charge in [-0.1, -0.05) is 24.2 Å². The molecule has 0 heterocycles. The summed E-state index contributed by atoms with van der Waals surface area (Å²) >= 11 is 0. The third kappa shape index (κ3) is 4.70. The van der Waals surface area contributed by atoms with Gasteiger partial charge in [0.2, 0.25) is 0 Å². The fourth-order valence-electron chi connectivity index (χ4n) is 1.57. The normalized spacial score (nSPS) is 23.4. The molecule has 0 bridgehead atoms. The van der Waals surface area contributed by atoms with Crippen LogP contribution in [0.25, 0.3) is 10.8 Å². The third-order valence-corrected chi connectivity index (χ3v) is 2.78. The smallest absolute Gasteiger partial charge is 0.313 e. The van der Waals surface area contributed by atoms with Crippen molar-refractivity contribution in [3.05, 3.63) is 41.8 Å². The standard InChI is InChI=1S/C19H24O4/c1-14(19(20)23-11-5-4-10-21-2)15-6-7-17-13-18(22-3)9-8-16(17)12-15/h6-9,12-14H,4-5,10-11H2,1-3H3/t14-/m0/s1/i4D2,5D2,6D,7D,8D,9D,10D2,11D2,12D,13D. The second-order valence-electron chi connectivity index (χ2n) is 4.25. The summed E-state index contributed by atoms with van der Waals surface area (Å²) in [4.78, 5) is 12.9. The summed E-state index contributed by atoms with van der Waals surface area (Å²) in [5.41, 5.74) is -0.536. The number of carbonyl (C=O) groups is 1. The predicted octanol–water partition coefficient (Wildman–Crippen LogP) is 3.92. The molecule has 2 aromatic carbocycles. The van der Waals surface area contributed by atoms with Gasteiger partial charge in [-0.15, -0.1) is 0 Å². The summed E-state index contributed by atoms with van der Waals surface area (Å²) in [7, 11) is 1.88. The van der Waals surface area contributed by atoms with E-state index in [1.807, 2.05) is 0 Å². The average Bonchev–Trinajstić information content (AvgIpc) is 2.79. The van der Waals surface area contributed by atoms with Crippen LogP contribution in [-0.2, 0) is 14.3 Å². The Kier molecular flexibility index (Phi) is 2.39. The van der Waals surface area contributed by atoms with E-state index in [1.165, 1.54) is 0 Å². The van der Waals surface area contributed by atoms with Crippen molar-refractivity contribution in [3.8, 4) is 5.75 Å². The van der Waals surface area contributed by atoms with E-state index in [0.29, 0.717) is 0 Å². The van der Waals surface area contributed by atoms with Crippen LogP contribution in [0.15, 0.2) is 36.3 Å². The molecule has 2 aromatic rings. The maximum absolute atomic E-state index is 12.9. The first-order valence-corrected chi connectivity index (χ1v) is 6.49. The first kappa shape index (κ1) is 6.44. The molecule has 0 aliphatic carbocycles. The van der Waals surface area contributed by atoms with E-state index < -0.39 is 85.0 Å². The molecule has 0 radical (unpaired) electrons. The Balaban J connectivity index is 2.65. The lowest BCUT2D eigenvalue weighted by Gasteiger charge is -2.13. The van der Waals surface area contributed by atoms with Gasteiger partial charge in [-0.3, -0.25) is 4.79 Å². The second-order valence-corrected chi connectivity index (χ2v) is 4.25. The van der Waals surface area contributed by atoms with Crippen molar-refractivity contribution in [1.82, 2.24) is 0 Å². The van der Waals surface area contributed by atoms with E-state index in [0.717, 1.165) is 21.1 Å². The van der Waals surface area contributed by atoms with Crippen molar-refractivity contribution < 1.29 is 38.2 Å². The van der Waals surface area contributed by atoms with E-state index in [-0.39, 0.29) is 11.1 Å². The van der Waals surface area contributed by atoms with Gasteiger partial charge in [0.05, 0.1) is 33.3 Å². The van der Waals surface area contributed by atoms with Crippen LogP contribution >= 0.6 is 0 Å². The van der Waals surface area contributed by atoms with E-state index in [4.69, 9.17) is 23.9 Å². The summed E-state index contributed by atoms with van der Waals surface area (Å²) in [6.07, 6.45) is -7.48. The number of methoxy groups -OCH3 is 2. The minimum Gasteiger partial charge on any atom is -0.497 e. The Morgan fingerprint density at radius 3 is 2.57 bits per heavy atom. The fourth-order valence-corrected chi connectivity index (χ4v) is 1.57. The number of hydrogen-bond acceptors (Lipinski definition) is 4. The zero-order valence-electron chi connectivity index (χ0n) is 26.7. The number of fused-ring (bicyclic) bond motifs is 1. The van der Waals surface area contributed by atoms with Crippen LogP contribution in [-0.4, -0.2) is 33.3 Å². The van der Waals surface area contributed by atoms with Gasteiger partial charge >= 0.3 is 5.97 Å². The Morgan fingerprint density at radius 1 is 1.13 bits per heavy atom. The van der Waals surface area contributed by atoms with Gasteiger partial charge in [0.1, 0.15) is 5.75 Å². The summed E-state index contributed by atoms with van der Waals surface area (Å²) in [6.45, 7) is -6.07. The number of carbonyl (C=O) groups excluding carboxylic acids is 1. The predicted molar refractivity (Wildman–Crippen MR) is 91.0 cm³/mol. The minimum atomic E-state index is -3.81. The van der Waals surface area contributed by atoms with Gasteiger partial charge in [-0.2, -0.15) is 0 Å². The van der Waals surface area contributed by atoms with Gasteiger partial charge in [0.25, 0.3) is 0 Å². The lowest BCUT2D eigenvalue weighted by atomic mass is 9.98. The molecular formula is C19H24O4.